The first kappa shape index (κ1) is 10.9. The summed E-state index contributed by atoms with van der Waals surface area (Å²) in [5.41, 5.74) is 1.68. The quantitative estimate of drug-likeness (QED) is 0.787. The van der Waals surface area contributed by atoms with Crippen molar-refractivity contribution in [2.24, 2.45) is 4.99 Å². The Morgan fingerprint density at radius 1 is 1.44 bits per heavy atom. The van der Waals surface area contributed by atoms with Gasteiger partial charge < -0.3 is 9.88 Å². The van der Waals surface area contributed by atoms with Gasteiger partial charge in [-0.2, -0.15) is 0 Å². The molecule has 2 rings (SSSR count). The molecule has 0 unspecified atom stereocenters. The number of rotatable bonds is 1. The van der Waals surface area contributed by atoms with E-state index >= 15 is 0 Å². The van der Waals surface area contributed by atoms with Crippen LogP contribution >= 0.6 is 0 Å². The molecule has 4 heteroatoms. The summed E-state index contributed by atoms with van der Waals surface area (Å²) < 4.78 is 2.09. The molecule has 86 valence electrons. The van der Waals surface area contributed by atoms with Gasteiger partial charge in [0.25, 0.3) is 0 Å². The summed E-state index contributed by atoms with van der Waals surface area (Å²) >= 11 is 0. The maximum Gasteiger partial charge on any atom is 0.164 e. The lowest BCUT2D eigenvalue weighted by Crippen LogP contribution is -2.26. The van der Waals surface area contributed by atoms with Crippen LogP contribution in [0, 0.1) is 0 Å². The van der Waals surface area contributed by atoms with Gasteiger partial charge in [0.15, 0.2) is 5.82 Å². The summed E-state index contributed by atoms with van der Waals surface area (Å²) in [5.74, 6) is 1.86. The van der Waals surface area contributed by atoms with Crippen LogP contribution in [0.5, 0.6) is 0 Å². The average Bonchev–Trinajstić information content (AvgIpc) is 2.60. The molecular weight excluding hydrogens is 200 g/mol. The first-order valence-electron chi connectivity index (χ1n) is 5.55. The van der Waals surface area contributed by atoms with Crippen molar-refractivity contribution in [2.45, 2.75) is 39.7 Å². The monoisotopic (exact) mass is 218 g/mol. The topological polar surface area (TPSA) is 42.2 Å². The van der Waals surface area contributed by atoms with Crippen molar-refractivity contribution < 1.29 is 0 Å². The highest BCUT2D eigenvalue weighted by Crippen LogP contribution is 2.31. The largest absolute Gasteiger partial charge is 0.342 e. The molecule has 0 amide bonds. The highest BCUT2D eigenvalue weighted by Gasteiger charge is 2.24. The third-order valence-electron chi connectivity index (χ3n) is 2.62. The second-order valence-electron chi connectivity index (χ2n) is 4.97. The van der Waals surface area contributed by atoms with E-state index in [1.54, 1.807) is 0 Å². The second kappa shape index (κ2) is 3.47. The third-order valence-corrected chi connectivity index (χ3v) is 2.62. The van der Waals surface area contributed by atoms with E-state index in [0.717, 1.165) is 29.5 Å². The summed E-state index contributed by atoms with van der Waals surface area (Å²) in [6.45, 7) is 12.5. The molecule has 0 fully saturated rings. The smallest absolute Gasteiger partial charge is 0.164 e. The van der Waals surface area contributed by atoms with E-state index in [-0.39, 0.29) is 5.54 Å². The van der Waals surface area contributed by atoms with Gasteiger partial charge in [-0.15, -0.1) is 0 Å². The number of hydrogen-bond donors (Lipinski definition) is 1. The molecule has 1 aromatic rings. The van der Waals surface area contributed by atoms with Crippen LogP contribution in [0.4, 0.5) is 5.82 Å². The minimum Gasteiger partial charge on any atom is -0.342 e. The molecule has 0 saturated heterocycles. The number of amidine groups is 1. The first-order valence-corrected chi connectivity index (χ1v) is 5.55. The van der Waals surface area contributed by atoms with Crippen LogP contribution < -0.4 is 5.32 Å². The van der Waals surface area contributed by atoms with Crippen molar-refractivity contribution in [3.63, 3.8) is 0 Å². The minimum atomic E-state index is -0.0133. The number of imidazole rings is 1. The van der Waals surface area contributed by atoms with Gasteiger partial charge in [-0.05, 0) is 20.8 Å². The Morgan fingerprint density at radius 3 is 2.69 bits per heavy atom. The van der Waals surface area contributed by atoms with Gasteiger partial charge >= 0.3 is 0 Å². The Bertz CT molecular complexity index is 460. The number of aliphatic imine (C=N–C) groups is 1. The highest BCUT2D eigenvalue weighted by molar-refractivity contribution is 5.96. The van der Waals surface area contributed by atoms with Crippen LogP contribution in [0.25, 0.3) is 5.70 Å². The summed E-state index contributed by atoms with van der Waals surface area (Å²) in [4.78, 5) is 8.95. The Labute approximate surface area is 96.1 Å². The zero-order chi connectivity index (χ0) is 11.9. The lowest BCUT2D eigenvalue weighted by Gasteiger charge is -2.24. The van der Waals surface area contributed by atoms with Gasteiger partial charge in [0, 0.05) is 12.0 Å². The molecule has 2 heterocycles. The highest BCUT2D eigenvalue weighted by atomic mass is 15.2. The van der Waals surface area contributed by atoms with E-state index in [9.17, 15) is 0 Å². The molecule has 0 atom stereocenters. The Morgan fingerprint density at radius 2 is 2.12 bits per heavy atom. The van der Waals surface area contributed by atoms with Crippen LogP contribution in [0.3, 0.4) is 0 Å². The van der Waals surface area contributed by atoms with Crippen molar-refractivity contribution in [1.82, 2.24) is 14.9 Å². The predicted octanol–water partition coefficient (Wildman–Crippen LogP) is 2.65. The van der Waals surface area contributed by atoms with Gasteiger partial charge in [-0.1, -0.05) is 13.5 Å². The lowest BCUT2D eigenvalue weighted by atomic mass is 10.1. The van der Waals surface area contributed by atoms with Crippen molar-refractivity contribution in [3.05, 3.63) is 18.6 Å². The summed E-state index contributed by atoms with van der Waals surface area (Å²) in [6.07, 6.45) is 2.70. The molecule has 0 saturated carbocycles. The molecule has 4 nitrogen and oxygen atoms in total. The number of fused-ring (bicyclic) bond motifs is 1. The Balaban J connectivity index is 2.58. The van der Waals surface area contributed by atoms with E-state index in [4.69, 9.17) is 0 Å². The van der Waals surface area contributed by atoms with Crippen molar-refractivity contribution in [2.75, 3.05) is 0 Å². The maximum atomic E-state index is 4.59. The number of nitrogens with one attached hydrogen (secondary N) is 1. The summed E-state index contributed by atoms with van der Waals surface area (Å²) in [5, 5.41) is 3.17. The molecule has 1 N–H and O–H groups in total. The molecular formula is C12H18N4. The van der Waals surface area contributed by atoms with Crippen LogP contribution in [-0.2, 0) is 5.54 Å². The fourth-order valence-electron chi connectivity index (χ4n) is 1.71. The van der Waals surface area contributed by atoms with E-state index in [2.05, 4.69) is 54.1 Å². The summed E-state index contributed by atoms with van der Waals surface area (Å²) in [6, 6.07) is 0. The van der Waals surface area contributed by atoms with Gasteiger partial charge in [0.05, 0.1) is 12.0 Å². The SMILES string of the molecule is C=C1NC(CC)=Nc2c1ncn2C(C)(C)C. The van der Waals surface area contributed by atoms with Gasteiger partial charge in [0.2, 0.25) is 0 Å². The van der Waals surface area contributed by atoms with Crippen molar-refractivity contribution >= 4 is 17.4 Å². The maximum absolute atomic E-state index is 4.59. The molecule has 1 aromatic heterocycles. The molecule has 1 aliphatic rings. The van der Waals surface area contributed by atoms with Crippen LogP contribution in [0.2, 0.25) is 0 Å². The molecule has 0 aromatic carbocycles. The Hall–Kier alpha value is -1.58. The standard InChI is InChI=1S/C12H18N4/c1-6-9-14-8(2)10-11(15-9)16(7-13-10)12(3,4)5/h7H,2,6H2,1,3-5H3,(H,14,15). The predicted molar refractivity (Wildman–Crippen MR) is 66.8 cm³/mol. The van der Waals surface area contributed by atoms with Crippen molar-refractivity contribution in [1.29, 1.82) is 0 Å². The zero-order valence-corrected chi connectivity index (χ0v) is 10.3. The molecule has 0 radical (unpaired) electrons. The van der Waals surface area contributed by atoms with Gasteiger partial charge in [0.1, 0.15) is 11.5 Å². The normalized spacial score (nSPS) is 15.5. The second-order valence-corrected chi connectivity index (χ2v) is 4.97. The lowest BCUT2D eigenvalue weighted by molar-refractivity contribution is 0.400. The van der Waals surface area contributed by atoms with Crippen LogP contribution in [-0.4, -0.2) is 15.4 Å². The number of hydrogen-bond acceptors (Lipinski definition) is 3. The fraction of sp³-hybridized carbons (Fsp3) is 0.500. The third kappa shape index (κ3) is 1.64. The molecule has 16 heavy (non-hydrogen) atoms. The fourth-order valence-corrected chi connectivity index (χ4v) is 1.71. The van der Waals surface area contributed by atoms with Gasteiger partial charge in [-0.25, -0.2) is 9.98 Å². The molecule has 0 aliphatic carbocycles. The summed E-state index contributed by atoms with van der Waals surface area (Å²) in [7, 11) is 0. The van der Waals surface area contributed by atoms with E-state index in [0.29, 0.717) is 0 Å². The minimum absolute atomic E-state index is 0.0133. The average molecular weight is 218 g/mol. The van der Waals surface area contributed by atoms with Crippen LogP contribution in [0.15, 0.2) is 17.9 Å². The van der Waals surface area contributed by atoms with E-state index in [1.807, 2.05) is 6.33 Å². The molecule has 1 aliphatic heterocycles. The zero-order valence-electron chi connectivity index (χ0n) is 10.3. The Kier molecular flexibility index (Phi) is 2.37. The van der Waals surface area contributed by atoms with Crippen LogP contribution in [0.1, 0.15) is 39.8 Å². The van der Waals surface area contributed by atoms with E-state index in [1.165, 1.54) is 0 Å². The number of nitrogens with zero attached hydrogens (tertiary/aromatic N) is 3. The molecule has 0 bridgehead atoms. The molecule has 0 spiro atoms. The van der Waals surface area contributed by atoms with E-state index < -0.39 is 0 Å². The first-order chi connectivity index (χ1) is 7.43. The van der Waals surface area contributed by atoms with Gasteiger partial charge in [-0.3, -0.25) is 0 Å². The number of aromatic nitrogens is 2. The van der Waals surface area contributed by atoms with Crippen molar-refractivity contribution in [3.8, 4) is 0 Å².